The van der Waals surface area contributed by atoms with Crippen LogP contribution in [0.2, 0.25) is 0 Å². The summed E-state index contributed by atoms with van der Waals surface area (Å²) < 4.78 is 1.57. The highest BCUT2D eigenvalue weighted by atomic mass is 16.2. The van der Waals surface area contributed by atoms with Gasteiger partial charge in [-0.05, 0) is 6.08 Å². The Bertz CT molecular complexity index is 944. The summed E-state index contributed by atoms with van der Waals surface area (Å²) >= 11 is 0. The van der Waals surface area contributed by atoms with Gasteiger partial charge in [0, 0.05) is 30.9 Å². The minimum atomic E-state index is -0.386. The molecule has 0 bridgehead atoms. The van der Waals surface area contributed by atoms with Crippen LogP contribution in [0.3, 0.4) is 0 Å². The van der Waals surface area contributed by atoms with Crippen molar-refractivity contribution in [1.82, 2.24) is 30.0 Å². The molecule has 2 amide bonds. The van der Waals surface area contributed by atoms with Crippen molar-refractivity contribution in [2.45, 2.75) is 0 Å². The fourth-order valence-corrected chi connectivity index (χ4v) is 2.14. The van der Waals surface area contributed by atoms with Crippen molar-refractivity contribution in [2.24, 2.45) is 0 Å². The van der Waals surface area contributed by atoms with E-state index in [1.165, 1.54) is 17.1 Å². The van der Waals surface area contributed by atoms with Gasteiger partial charge in [-0.25, -0.2) is 0 Å². The molecule has 24 heavy (non-hydrogen) atoms. The van der Waals surface area contributed by atoms with Gasteiger partial charge in [0.2, 0.25) is 11.8 Å². The molecule has 0 saturated heterocycles. The lowest BCUT2D eigenvalue weighted by Crippen LogP contribution is -2.35. The van der Waals surface area contributed by atoms with Gasteiger partial charge >= 0.3 is 0 Å². The van der Waals surface area contributed by atoms with Crippen LogP contribution >= 0.6 is 0 Å². The molecule has 2 aromatic heterocycles. The molecule has 0 aliphatic rings. The average molecular weight is 324 g/mol. The van der Waals surface area contributed by atoms with Crippen molar-refractivity contribution in [3.63, 3.8) is 0 Å². The first kappa shape index (κ1) is 15.6. The molecule has 1 aromatic carbocycles. The van der Waals surface area contributed by atoms with Gasteiger partial charge in [0.1, 0.15) is 0 Å². The van der Waals surface area contributed by atoms with E-state index >= 15 is 0 Å². The van der Waals surface area contributed by atoms with E-state index in [0.717, 1.165) is 10.8 Å². The molecule has 0 spiro atoms. The lowest BCUT2D eigenvalue weighted by Gasteiger charge is -2.09. The first-order chi connectivity index (χ1) is 11.6. The summed E-state index contributed by atoms with van der Waals surface area (Å²) in [7, 11) is 3.26. The van der Waals surface area contributed by atoms with Crippen molar-refractivity contribution in [2.75, 3.05) is 20.6 Å². The molecule has 0 saturated carbocycles. The Balaban J connectivity index is 1.79. The van der Waals surface area contributed by atoms with Crippen LogP contribution < -0.4 is 5.32 Å². The lowest BCUT2D eigenvalue weighted by molar-refractivity contribution is -0.129. The molecule has 3 aromatic rings. The lowest BCUT2D eigenvalue weighted by atomic mass is 10.2. The number of rotatable bonds is 4. The molecule has 0 aliphatic carbocycles. The standard InChI is InChI=1S/C16H16N6O2/c1-21(2)15(24)10-17-14(23)8-7-13-19-20-16-12-6-4-3-5-11(12)9-18-22(13)16/h3-9H,10H2,1-2H3,(H,17,23)/b8-7+. The minimum Gasteiger partial charge on any atom is -0.347 e. The van der Waals surface area contributed by atoms with Crippen molar-refractivity contribution in [1.29, 1.82) is 0 Å². The Morgan fingerprint density at radius 3 is 2.83 bits per heavy atom. The predicted octanol–water partition coefficient (Wildman–Crippen LogP) is 0.495. The number of aromatic nitrogens is 4. The van der Waals surface area contributed by atoms with Crippen molar-refractivity contribution in [3.05, 3.63) is 42.4 Å². The van der Waals surface area contributed by atoms with Crippen molar-refractivity contribution < 1.29 is 9.59 Å². The average Bonchev–Trinajstić information content (AvgIpc) is 3.01. The molecule has 1 N–H and O–H groups in total. The third kappa shape index (κ3) is 3.07. The zero-order valence-electron chi connectivity index (χ0n) is 13.3. The van der Waals surface area contributed by atoms with E-state index in [1.807, 2.05) is 24.3 Å². The second-order valence-corrected chi connectivity index (χ2v) is 5.36. The molecular formula is C16H16N6O2. The maximum atomic E-state index is 11.8. The van der Waals surface area contributed by atoms with Crippen LogP contribution in [0.1, 0.15) is 5.82 Å². The second-order valence-electron chi connectivity index (χ2n) is 5.36. The number of carbonyl (C=O) groups is 2. The van der Waals surface area contributed by atoms with Gasteiger partial charge in [0.15, 0.2) is 11.5 Å². The minimum absolute atomic E-state index is 0.0559. The number of fused-ring (bicyclic) bond motifs is 3. The molecule has 0 radical (unpaired) electrons. The number of nitrogens with zero attached hydrogens (tertiary/aromatic N) is 5. The molecule has 0 atom stereocenters. The Morgan fingerprint density at radius 2 is 2.04 bits per heavy atom. The van der Waals surface area contributed by atoms with Gasteiger partial charge in [-0.2, -0.15) is 9.61 Å². The van der Waals surface area contributed by atoms with E-state index in [2.05, 4.69) is 20.6 Å². The molecule has 8 heteroatoms. The van der Waals surface area contributed by atoms with E-state index in [4.69, 9.17) is 0 Å². The summed E-state index contributed by atoms with van der Waals surface area (Å²) in [5.41, 5.74) is 0.621. The van der Waals surface area contributed by atoms with E-state index in [1.54, 1.807) is 24.8 Å². The number of carbonyl (C=O) groups excluding carboxylic acids is 2. The summed E-state index contributed by atoms with van der Waals surface area (Å²) in [4.78, 5) is 24.6. The zero-order chi connectivity index (χ0) is 17.1. The number of amides is 2. The predicted molar refractivity (Wildman–Crippen MR) is 89.0 cm³/mol. The fraction of sp³-hybridized carbons (Fsp3) is 0.188. The van der Waals surface area contributed by atoms with Crippen molar-refractivity contribution >= 4 is 34.3 Å². The van der Waals surface area contributed by atoms with Gasteiger partial charge in [-0.15, -0.1) is 10.2 Å². The SMILES string of the molecule is CN(C)C(=O)CNC(=O)/C=C/c1nnc2c3ccccc3cnn12. The summed E-state index contributed by atoms with van der Waals surface area (Å²) in [6.07, 6.45) is 4.53. The Morgan fingerprint density at radius 1 is 1.25 bits per heavy atom. The van der Waals surface area contributed by atoms with Crippen LogP contribution in [0.15, 0.2) is 36.5 Å². The normalized spacial score (nSPS) is 11.2. The number of hydrogen-bond acceptors (Lipinski definition) is 5. The third-order valence-electron chi connectivity index (χ3n) is 3.48. The highest BCUT2D eigenvalue weighted by Crippen LogP contribution is 2.17. The first-order valence-corrected chi connectivity index (χ1v) is 7.31. The van der Waals surface area contributed by atoms with Crippen LogP contribution in [0.5, 0.6) is 0 Å². The van der Waals surface area contributed by atoms with E-state index in [-0.39, 0.29) is 18.4 Å². The molecule has 0 unspecified atom stereocenters. The van der Waals surface area contributed by atoms with Crippen LogP contribution in [0.4, 0.5) is 0 Å². The monoisotopic (exact) mass is 324 g/mol. The smallest absolute Gasteiger partial charge is 0.244 e. The van der Waals surface area contributed by atoms with E-state index < -0.39 is 0 Å². The molecule has 122 valence electrons. The maximum absolute atomic E-state index is 11.8. The van der Waals surface area contributed by atoms with Crippen molar-refractivity contribution in [3.8, 4) is 0 Å². The molecule has 2 heterocycles. The maximum Gasteiger partial charge on any atom is 0.244 e. The molecule has 3 rings (SSSR count). The largest absolute Gasteiger partial charge is 0.347 e. The van der Waals surface area contributed by atoms with Gasteiger partial charge in [0.05, 0.1) is 12.7 Å². The van der Waals surface area contributed by atoms with E-state index in [0.29, 0.717) is 11.5 Å². The summed E-state index contributed by atoms with van der Waals surface area (Å²) in [6, 6.07) is 7.73. The number of likely N-dealkylation sites (N-methyl/N-ethyl adjacent to an activating group) is 1. The van der Waals surface area contributed by atoms with Gasteiger partial charge in [0.25, 0.3) is 0 Å². The third-order valence-corrected chi connectivity index (χ3v) is 3.48. The van der Waals surface area contributed by atoms with Crippen LogP contribution in [0.25, 0.3) is 22.5 Å². The highest BCUT2D eigenvalue weighted by molar-refractivity contribution is 5.95. The van der Waals surface area contributed by atoms with Crippen LogP contribution in [-0.2, 0) is 9.59 Å². The number of nitrogens with one attached hydrogen (secondary N) is 1. The quantitative estimate of drug-likeness (QED) is 0.705. The molecule has 0 aliphatic heterocycles. The summed E-state index contributed by atoms with van der Waals surface area (Å²) in [5.74, 6) is -0.134. The van der Waals surface area contributed by atoms with Gasteiger partial charge in [-0.3, -0.25) is 9.59 Å². The highest BCUT2D eigenvalue weighted by Gasteiger charge is 2.09. The second kappa shape index (κ2) is 6.45. The Kier molecular flexibility index (Phi) is 4.19. The van der Waals surface area contributed by atoms with Crippen LogP contribution in [-0.4, -0.2) is 57.2 Å². The van der Waals surface area contributed by atoms with E-state index in [9.17, 15) is 9.59 Å². The topological polar surface area (TPSA) is 92.5 Å². The molecular weight excluding hydrogens is 308 g/mol. The van der Waals surface area contributed by atoms with Gasteiger partial charge in [-0.1, -0.05) is 24.3 Å². The number of hydrogen-bond donors (Lipinski definition) is 1. The summed E-state index contributed by atoms with van der Waals surface area (Å²) in [6.45, 7) is -0.0559. The Hall–Kier alpha value is -3.29. The molecule has 8 nitrogen and oxygen atoms in total. The van der Waals surface area contributed by atoms with Gasteiger partial charge < -0.3 is 10.2 Å². The molecule has 0 fully saturated rings. The summed E-state index contributed by atoms with van der Waals surface area (Å²) in [5, 5.41) is 16.9. The number of benzene rings is 1. The zero-order valence-corrected chi connectivity index (χ0v) is 13.3. The first-order valence-electron chi connectivity index (χ1n) is 7.31. The van der Waals surface area contributed by atoms with Crippen LogP contribution in [0, 0.1) is 0 Å². The fourth-order valence-electron chi connectivity index (χ4n) is 2.14. The Labute approximate surface area is 137 Å².